The van der Waals surface area contributed by atoms with E-state index < -0.39 is 60.2 Å². The van der Waals surface area contributed by atoms with E-state index in [1.165, 1.54) is 0 Å². The van der Waals surface area contributed by atoms with E-state index in [1.807, 2.05) is 5.32 Å². The Kier molecular flexibility index (Phi) is 6.08. The SMILES string of the molecule is CC(Nc1nc(NCC(F)(F)F)nc(-c2cccc(C(F)(F)F)n2)n1)C(F)(F)F. The number of hydrogen-bond acceptors (Lipinski definition) is 6. The molecule has 0 aliphatic heterocycles. The van der Waals surface area contributed by atoms with Gasteiger partial charge in [0.15, 0.2) is 5.82 Å². The molecule has 2 aromatic rings. The van der Waals surface area contributed by atoms with Crippen molar-refractivity contribution in [3.8, 4) is 11.5 Å². The number of halogens is 9. The number of aromatic nitrogens is 4. The monoisotopic (exact) mass is 434 g/mol. The zero-order valence-electron chi connectivity index (χ0n) is 14.2. The van der Waals surface area contributed by atoms with Gasteiger partial charge in [-0.3, -0.25) is 0 Å². The second-order valence-electron chi connectivity index (χ2n) is 5.59. The lowest BCUT2D eigenvalue weighted by atomic mass is 10.3. The average Bonchev–Trinajstić information content (AvgIpc) is 2.58. The van der Waals surface area contributed by atoms with Crippen molar-refractivity contribution in [3.63, 3.8) is 0 Å². The van der Waals surface area contributed by atoms with Crippen LogP contribution < -0.4 is 10.6 Å². The molecule has 0 bridgehead atoms. The van der Waals surface area contributed by atoms with Gasteiger partial charge in [-0.05, 0) is 19.1 Å². The second-order valence-corrected chi connectivity index (χ2v) is 5.59. The molecule has 0 saturated carbocycles. The lowest BCUT2D eigenvalue weighted by Gasteiger charge is -2.18. The summed E-state index contributed by atoms with van der Waals surface area (Å²) in [5.41, 5.74) is -1.88. The van der Waals surface area contributed by atoms with Gasteiger partial charge in [-0.25, -0.2) is 4.98 Å². The summed E-state index contributed by atoms with van der Waals surface area (Å²) in [6, 6.07) is 0.360. The van der Waals surface area contributed by atoms with Gasteiger partial charge in [-0.2, -0.15) is 54.5 Å². The molecule has 1 unspecified atom stereocenters. The smallest absolute Gasteiger partial charge is 0.345 e. The first-order chi connectivity index (χ1) is 13.1. The average molecular weight is 434 g/mol. The third kappa shape index (κ3) is 6.60. The van der Waals surface area contributed by atoms with Crippen LogP contribution in [0.1, 0.15) is 12.6 Å². The number of nitrogens with one attached hydrogen (secondary N) is 2. The fourth-order valence-electron chi connectivity index (χ4n) is 1.81. The van der Waals surface area contributed by atoms with Crippen molar-refractivity contribution in [1.82, 2.24) is 19.9 Å². The highest BCUT2D eigenvalue weighted by molar-refractivity contribution is 5.54. The molecule has 0 radical (unpaired) electrons. The molecule has 2 heterocycles. The largest absolute Gasteiger partial charge is 0.433 e. The summed E-state index contributed by atoms with van der Waals surface area (Å²) in [4.78, 5) is 13.7. The summed E-state index contributed by atoms with van der Waals surface area (Å²) in [6.07, 6.45) is -14.3. The van der Waals surface area contributed by atoms with Crippen molar-refractivity contribution in [2.45, 2.75) is 31.5 Å². The number of hydrogen-bond donors (Lipinski definition) is 2. The molecule has 0 fully saturated rings. The van der Waals surface area contributed by atoms with Crippen molar-refractivity contribution in [1.29, 1.82) is 0 Å². The van der Waals surface area contributed by atoms with Gasteiger partial charge in [-0.1, -0.05) is 6.07 Å². The van der Waals surface area contributed by atoms with Gasteiger partial charge >= 0.3 is 18.5 Å². The molecule has 15 heteroatoms. The van der Waals surface area contributed by atoms with E-state index >= 15 is 0 Å². The molecule has 0 aliphatic rings. The topological polar surface area (TPSA) is 75.6 Å². The maximum Gasteiger partial charge on any atom is 0.433 e. The molecule has 6 nitrogen and oxygen atoms in total. The molecule has 2 aromatic heterocycles. The Balaban J connectivity index is 2.46. The molecular formula is C14H11F9N6. The third-order valence-electron chi connectivity index (χ3n) is 3.19. The maximum atomic E-state index is 12.8. The lowest BCUT2D eigenvalue weighted by Crippen LogP contribution is -2.34. The van der Waals surface area contributed by atoms with Crippen LogP contribution in [0.25, 0.3) is 11.5 Å². The summed E-state index contributed by atoms with van der Waals surface area (Å²) < 4.78 is 114. The normalized spacial score (nSPS) is 13.9. The summed E-state index contributed by atoms with van der Waals surface area (Å²) in [5.74, 6) is -2.26. The quantitative estimate of drug-likeness (QED) is 0.684. The molecule has 2 N–H and O–H groups in total. The number of pyridine rings is 1. The van der Waals surface area contributed by atoms with Gasteiger partial charge in [0.2, 0.25) is 11.9 Å². The summed E-state index contributed by atoms with van der Waals surface area (Å²) in [7, 11) is 0. The van der Waals surface area contributed by atoms with Crippen LogP contribution >= 0.6 is 0 Å². The van der Waals surface area contributed by atoms with Crippen LogP contribution in [0, 0.1) is 0 Å². The zero-order valence-corrected chi connectivity index (χ0v) is 14.2. The second kappa shape index (κ2) is 7.87. The predicted molar refractivity (Wildman–Crippen MR) is 81.7 cm³/mol. The summed E-state index contributed by atoms with van der Waals surface area (Å²) >= 11 is 0. The molecular weight excluding hydrogens is 423 g/mol. The van der Waals surface area contributed by atoms with Gasteiger partial charge < -0.3 is 10.6 Å². The molecule has 0 spiro atoms. The minimum absolute atomic E-state index is 0.528. The van der Waals surface area contributed by atoms with Crippen molar-refractivity contribution >= 4 is 11.9 Å². The molecule has 0 amide bonds. The minimum atomic E-state index is -4.84. The highest BCUT2D eigenvalue weighted by Crippen LogP contribution is 2.29. The van der Waals surface area contributed by atoms with Gasteiger partial charge in [0.05, 0.1) is 0 Å². The highest BCUT2D eigenvalue weighted by atomic mass is 19.4. The van der Waals surface area contributed by atoms with Crippen LogP contribution in [0.4, 0.5) is 51.4 Å². The number of rotatable bonds is 5. The molecule has 29 heavy (non-hydrogen) atoms. The molecule has 0 aliphatic carbocycles. The fourth-order valence-corrected chi connectivity index (χ4v) is 1.81. The van der Waals surface area contributed by atoms with E-state index in [9.17, 15) is 39.5 Å². The van der Waals surface area contributed by atoms with Crippen LogP contribution in [0.5, 0.6) is 0 Å². The first kappa shape index (κ1) is 22.4. The first-order valence-electron chi connectivity index (χ1n) is 7.60. The number of nitrogens with zero attached hydrogens (tertiary/aromatic N) is 4. The molecule has 0 saturated heterocycles. The van der Waals surface area contributed by atoms with Gasteiger partial charge in [0.1, 0.15) is 24.0 Å². The maximum absolute atomic E-state index is 12.8. The Morgan fingerprint density at radius 1 is 0.862 bits per heavy atom. The van der Waals surface area contributed by atoms with Crippen molar-refractivity contribution in [3.05, 3.63) is 23.9 Å². The lowest BCUT2D eigenvalue weighted by molar-refractivity contribution is -0.141. The van der Waals surface area contributed by atoms with Gasteiger partial charge in [-0.15, -0.1) is 0 Å². The Morgan fingerprint density at radius 3 is 2.03 bits per heavy atom. The van der Waals surface area contributed by atoms with E-state index in [2.05, 4.69) is 19.9 Å². The van der Waals surface area contributed by atoms with Crippen LogP contribution in [-0.4, -0.2) is 44.9 Å². The zero-order chi connectivity index (χ0) is 22.0. The van der Waals surface area contributed by atoms with Crippen LogP contribution in [0.2, 0.25) is 0 Å². The predicted octanol–water partition coefficient (Wildman–Crippen LogP) is 4.29. The Bertz CT molecular complexity index is 847. The third-order valence-corrected chi connectivity index (χ3v) is 3.19. The number of anilines is 2. The van der Waals surface area contributed by atoms with Crippen LogP contribution in [-0.2, 0) is 6.18 Å². The van der Waals surface area contributed by atoms with Gasteiger partial charge in [0.25, 0.3) is 0 Å². The highest BCUT2D eigenvalue weighted by Gasteiger charge is 2.37. The van der Waals surface area contributed by atoms with E-state index in [4.69, 9.17) is 0 Å². The molecule has 2 rings (SSSR count). The Labute approximate surface area is 156 Å². The van der Waals surface area contributed by atoms with E-state index in [-0.39, 0.29) is 0 Å². The Hall–Kier alpha value is -2.87. The fraction of sp³-hybridized carbons (Fsp3) is 0.429. The van der Waals surface area contributed by atoms with Crippen molar-refractivity contribution < 1.29 is 39.5 Å². The first-order valence-corrected chi connectivity index (χ1v) is 7.60. The van der Waals surface area contributed by atoms with Crippen molar-refractivity contribution in [2.75, 3.05) is 17.2 Å². The van der Waals surface area contributed by atoms with E-state index in [0.717, 1.165) is 12.1 Å². The molecule has 0 aromatic carbocycles. The minimum Gasteiger partial charge on any atom is -0.345 e. The molecule has 160 valence electrons. The standard InChI is InChI=1S/C14H11F9N6/c1-6(13(18,19)20)25-11-28-9(27-10(29-11)24-5-12(15,16)17)7-3-2-4-8(26-7)14(21,22)23/h2-4,6H,5H2,1H3,(H2,24,25,27,28,29). The van der Waals surface area contributed by atoms with E-state index in [0.29, 0.717) is 13.0 Å². The molecule has 1 atom stereocenters. The van der Waals surface area contributed by atoms with Crippen molar-refractivity contribution in [2.24, 2.45) is 0 Å². The van der Waals surface area contributed by atoms with E-state index in [1.54, 1.807) is 5.32 Å². The van der Waals surface area contributed by atoms with Crippen LogP contribution in [0.3, 0.4) is 0 Å². The summed E-state index contributed by atoms with van der Waals surface area (Å²) in [5, 5.41) is 3.55. The van der Waals surface area contributed by atoms with Crippen LogP contribution in [0.15, 0.2) is 18.2 Å². The Morgan fingerprint density at radius 2 is 1.48 bits per heavy atom. The number of alkyl halides is 9. The van der Waals surface area contributed by atoms with Gasteiger partial charge in [0, 0.05) is 0 Å². The summed E-state index contributed by atoms with van der Waals surface area (Å²) in [6.45, 7) is -0.949.